The molecule has 0 bridgehead atoms. The van der Waals surface area contributed by atoms with Crippen molar-refractivity contribution >= 4 is 17.7 Å². The highest BCUT2D eigenvalue weighted by Crippen LogP contribution is 2.36. The number of benzene rings is 2. The lowest BCUT2D eigenvalue weighted by Gasteiger charge is -2.19. The summed E-state index contributed by atoms with van der Waals surface area (Å²) in [5, 5.41) is 11.9. The molecule has 3 aromatic rings. The van der Waals surface area contributed by atoms with E-state index in [0.29, 0.717) is 6.04 Å². The molecular weight excluding hydrogens is 356 g/mol. The number of rotatable bonds is 7. The molecule has 2 aromatic carbocycles. The molecule has 0 aliphatic heterocycles. The van der Waals surface area contributed by atoms with Crippen LogP contribution in [-0.4, -0.2) is 26.7 Å². The predicted octanol–water partition coefficient (Wildman–Crippen LogP) is 4.00. The van der Waals surface area contributed by atoms with E-state index >= 15 is 0 Å². The van der Waals surface area contributed by atoms with Gasteiger partial charge in [-0.15, -0.1) is 10.2 Å². The SMILES string of the molecule is C[C@H](c1ccccc1)n1cnnc1S[C@@H](C(=O)NC1CC1)c1ccccc1. The number of aromatic nitrogens is 3. The number of hydrogen-bond donors (Lipinski definition) is 1. The number of nitrogens with one attached hydrogen (secondary N) is 1. The minimum atomic E-state index is -0.349. The summed E-state index contributed by atoms with van der Waals surface area (Å²) in [5.41, 5.74) is 2.15. The van der Waals surface area contributed by atoms with E-state index in [1.165, 1.54) is 17.3 Å². The second-order valence-corrected chi connectivity index (χ2v) is 7.87. The zero-order valence-corrected chi connectivity index (χ0v) is 16.0. The first kappa shape index (κ1) is 17.8. The molecule has 1 saturated carbocycles. The third kappa shape index (κ3) is 4.22. The first-order chi connectivity index (χ1) is 13.2. The van der Waals surface area contributed by atoms with E-state index in [1.54, 1.807) is 6.33 Å². The van der Waals surface area contributed by atoms with Gasteiger partial charge >= 0.3 is 0 Å². The molecule has 1 N–H and O–H groups in total. The lowest BCUT2D eigenvalue weighted by atomic mass is 10.1. The summed E-state index contributed by atoms with van der Waals surface area (Å²) in [6.07, 6.45) is 3.87. The van der Waals surface area contributed by atoms with Gasteiger partial charge in [0.05, 0.1) is 6.04 Å². The Hall–Kier alpha value is -2.60. The Kier molecular flexibility index (Phi) is 5.25. The van der Waals surface area contributed by atoms with Gasteiger partial charge in [0.25, 0.3) is 0 Å². The summed E-state index contributed by atoms with van der Waals surface area (Å²) < 4.78 is 2.03. The molecule has 1 fully saturated rings. The van der Waals surface area contributed by atoms with E-state index in [9.17, 15) is 4.79 Å². The molecule has 0 radical (unpaired) electrons. The third-order valence-electron chi connectivity index (χ3n) is 4.73. The molecule has 1 aromatic heterocycles. The highest BCUT2D eigenvalue weighted by atomic mass is 32.2. The van der Waals surface area contributed by atoms with Crippen molar-refractivity contribution in [2.45, 2.75) is 42.3 Å². The maximum absolute atomic E-state index is 12.9. The van der Waals surface area contributed by atoms with Crippen LogP contribution < -0.4 is 5.32 Å². The van der Waals surface area contributed by atoms with E-state index in [4.69, 9.17) is 0 Å². The minimum Gasteiger partial charge on any atom is -0.352 e. The van der Waals surface area contributed by atoms with Gasteiger partial charge in [0.2, 0.25) is 5.91 Å². The molecule has 1 aliphatic carbocycles. The van der Waals surface area contributed by atoms with E-state index in [2.05, 4.69) is 34.6 Å². The van der Waals surface area contributed by atoms with Crippen LogP contribution >= 0.6 is 11.8 Å². The van der Waals surface area contributed by atoms with E-state index in [-0.39, 0.29) is 17.2 Å². The second kappa shape index (κ2) is 7.96. The quantitative estimate of drug-likeness (QED) is 0.631. The monoisotopic (exact) mass is 378 g/mol. The van der Waals surface area contributed by atoms with Gasteiger partial charge in [0, 0.05) is 6.04 Å². The predicted molar refractivity (Wildman–Crippen MR) is 106 cm³/mol. The van der Waals surface area contributed by atoms with E-state index in [1.807, 2.05) is 53.1 Å². The van der Waals surface area contributed by atoms with Crippen molar-refractivity contribution in [3.8, 4) is 0 Å². The molecule has 4 rings (SSSR count). The number of amides is 1. The molecule has 0 spiro atoms. The third-order valence-corrected chi connectivity index (χ3v) is 5.95. The number of carbonyl (C=O) groups excluding carboxylic acids is 1. The molecule has 1 heterocycles. The van der Waals surface area contributed by atoms with Gasteiger partial charge in [-0.25, -0.2) is 0 Å². The van der Waals surface area contributed by atoms with Crippen molar-refractivity contribution in [3.05, 3.63) is 78.1 Å². The van der Waals surface area contributed by atoms with E-state index in [0.717, 1.165) is 23.6 Å². The maximum Gasteiger partial charge on any atom is 0.238 e. The van der Waals surface area contributed by atoms with Crippen LogP contribution in [0.4, 0.5) is 0 Å². The average molecular weight is 379 g/mol. The Morgan fingerprint density at radius 2 is 1.70 bits per heavy atom. The molecule has 1 amide bonds. The van der Waals surface area contributed by atoms with Crippen molar-refractivity contribution in [3.63, 3.8) is 0 Å². The van der Waals surface area contributed by atoms with Crippen LogP contribution in [0.25, 0.3) is 0 Å². The minimum absolute atomic E-state index is 0.0376. The standard InChI is InChI=1S/C21H22N4OS/c1-15(16-8-4-2-5-9-16)25-14-22-24-21(25)27-19(17-10-6-3-7-11-17)20(26)23-18-12-13-18/h2-11,14-15,18-19H,12-13H2,1H3,(H,23,26)/t15-,19-/m1/s1. The Labute approximate surface area is 163 Å². The molecule has 6 heteroatoms. The smallest absolute Gasteiger partial charge is 0.238 e. The van der Waals surface area contributed by atoms with Crippen LogP contribution in [0.2, 0.25) is 0 Å². The fraction of sp³-hybridized carbons (Fsp3) is 0.286. The van der Waals surface area contributed by atoms with Gasteiger partial charge in [-0.1, -0.05) is 72.4 Å². The van der Waals surface area contributed by atoms with Crippen molar-refractivity contribution < 1.29 is 4.79 Å². The van der Waals surface area contributed by atoms with Gasteiger partial charge in [0.1, 0.15) is 11.6 Å². The summed E-state index contributed by atoms with van der Waals surface area (Å²) >= 11 is 1.45. The summed E-state index contributed by atoms with van der Waals surface area (Å²) in [6, 6.07) is 20.5. The Balaban J connectivity index is 1.60. The van der Waals surface area contributed by atoms with Gasteiger partial charge in [-0.2, -0.15) is 0 Å². The average Bonchev–Trinajstić information content (AvgIpc) is 3.40. The van der Waals surface area contributed by atoms with Crippen LogP contribution in [0.15, 0.2) is 72.1 Å². The number of hydrogen-bond acceptors (Lipinski definition) is 4. The highest BCUT2D eigenvalue weighted by molar-refractivity contribution is 8.00. The van der Waals surface area contributed by atoms with Crippen molar-refractivity contribution in [2.24, 2.45) is 0 Å². The molecule has 2 atom stereocenters. The molecule has 138 valence electrons. The zero-order chi connectivity index (χ0) is 18.6. The molecule has 0 saturated heterocycles. The first-order valence-electron chi connectivity index (χ1n) is 9.19. The van der Waals surface area contributed by atoms with Crippen LogP contribution in [0.1, 0.15) is 42.2 Å². The van der Waals surface area contributed by atoms with Crippen LogP contribution in [0, 0.1) is 0 Å². The van der Waals surface area contributed by atoms with Gasteiger partial charge in [-0.05, 0) is 30.9 Å². The maximum atomic E-state index is 12.9. The van der Waals surface area contributed by atoms with Crippen molar-refractivity contribution in [1.82, 2.24) is 20.1 Å². The fourth-order valence-electron chi connectivity index (χ4n) is 2.98. The summed E-state index contributed by atoms with van der Waals surface area (Å²) in [4.78, 5) is 12.9. The molecule has 27 heavy (non-hydrogen) atoms. The summed E-state index contributed by atoms with van der Waals surface area (Å²) in [7, 11) is 0. The Bertz CT molecular complexity index is 893. The van der Waals surface area contributed by atoms with Crippen LogP contribution in [0.3, 0.4) is 0 Å². The Morgan fingerprint density at radius 3 is 2.33 bits per heavy atom. The van der Waals surface area contributed by atoms with Crippen LogP contribution in [-0.2, 0) is 4.79 Å². The zero-order valence-electron chi connectivity index (χ0n) is 15.2. The Morgan fingerprint density at radius 1 is 1.07 bits per heavy atom. The normalized spacial score (nSPS) is 15.9. The summed E-state index contributed by atoms with van der Waals surface area (Å²) in [5.74, 6) is 0.0376. The van der Waals surface area contributed by atoms with E-state index < -0.39 is 0 Å². The lowest BCUT2D eigenvalue weighted by Crippen LogP contribution is -2.30. The first-order valence-corrected chi connectivity index (χ1v) is 10.1. The van der Waals surface area contributed by atoms with Crippen molar-refractivity contribution in [2.75, 3.05) is 0 Å². The molecular formula is C21H22N4OS. The largest absolute Gasteiger partial charge is 0.352 e. The lowest BCUT2D eigenvalue weighted by molar-refractivity contribution is -0.120. The van der Waals surface area contributed by atoms with Gasteiger partial charge < -0.3 is 9.88 Å². The number of carbonyl (C=O) groups is 1. The van der Waals surface area contributed by atoms with Crippen LogP contribution in [0.5, 0.6) is 0 Å². The topological polar surface area (TPSA) is 59.8 Å². The van der Waals surface area contributed by atoms with Gasteiger partial charge in [0.15, 0.2) is 5.16 Å². The molecule has 1 aliphatic rings. The summed E-state index contributed by atoms with van der Waals surface area (Å²) in [6.45, 7) is 2.12. The highest BCUT2D eigenvalue weighted by Gasteiger charge is 2.30. The number of nitrogens with zero attached hydrogens (tertiary/aromatic N) is 3. The van der Waals surface area contributed by atoms with Gasteiger partial charge in [-0.3, -0.25) is 4.79 Å². The molecule has 0 unspecified atom stereocenters. The van der Waals surface area contributed by atoms with Crippen molar-refractivity contribution in [1.29, 1.82) is 0 Å². The fourth-order valence-corrected chi connectivity index (χ4v) is 4.09. The second-order valence-electron chi connectivity index (χ2n) is 6.80. The molecule has 5 nitrogen and oxygen atoms in total. The number of thioether (sulfide) groups is 1.